The summed E-state index contributed by atoms with van der Waals surface area (Å²) in [5.74, 6) is 0.829. The number of hydrogen-bond donors (Lipinski definition) is 1. The number of aliphatic hydroxyl groups is 1. The van der Waals surface area contributed by atoms with Crippen molar-refractivity contribution >= 4 is 0 Å². The summed E-state index contributed by atoms with van der Waals surface area (Å²) < 4.78 is 5.28. The summed E-state index contributed by atoms with van der Waals surface area (Å²) in [5.41, 5.74) is 0. The number of aliphatic hydroxyl groups excluding tert-OH is 1. The molecule has 0 saturated heterocycles. The molecule has 2 nitrogen and oxygen atoms in total. The molecule has 0 amide bonds. The lowest BCUT2D eigenvalue weighted by atomic mass is 10.0. The largest absolute Gasteiger partial charge is 0.496 e. The molecule has 0 aromatic heterocycles. The van der Waals surface area contributed by atoms with Crippen LogP contribution in [0, 0.1) is 0 Å². The van der Waals surface area contributed by atoms with E-state index in [1.54, 1.807) is 0 Å². The number of unbranched alkanes of at least 4 members (excludes halogenated alkanes) is 17. The van der Waals surface area contributed by atoms with Crippen LogP contribution >= 0.6 is 0 Å². The van der Waals surface area contributed by atoms with E-state index < -0.39 is 0 Å². The minimum Gasteiger partial charge on any atom is -0.496 e. The highest BCUT2D eigenvalue weighted by Gasteiger charge is 1.97. The number of ether oxygens (including phenoxy) is 1. The molecule has 0 unspecified atom stereocenters. The molecular formula is C24H48O2. The van der Waals surface area contributed by atoms with Crippen molar-refractivity contribution in [3.8, 4) is 0 Å². The molecule has 0 heterocycles. The number of allylic oxidation sites excluding steroid dienone is 1. The van der Waals surface area contributed by atoms with Crippen LogP contribution in [0.4, 0.5) is 0 Å². The zero-order valence-corrected chi connectivity index (χ0v) is 17.9. The number of rotatable bonds is 22. The molecule has 26 heavy (non-hydrogen) atoms. The average Bonchev–Trinajstić information content (AvgIpc) is 2.65. The van der Waals surface area contributed by atoms with Crippen LogP contribution in [0.15, 0.2) is 12.3 Å². The van der Waals surface area contributed by atoms with Gasteiger partial charge in [-0.05, 0) is 6.42 Å². The van der Waals surface area contributed by atoms with Crippen LogP contribution in [-0.2, 0) is 4.74 Å². The van der Waals surface area contributed by atoms with Crippen molar-refractivity contribution in [2.24, 2.45) is 0 Å². The molecule has 0 saturated carbocycles. The second-order valence-corrected chi connectivity index (χ2v) is 7.87. The SMILES string of the molecule is C=C(CCCCCCCCCCCCCCCCCCCC)OCCO. The summed E-state index contributed by atoms with van der Waals surface area (Å²) in [6.45, 7) is 6.63. The van der Waals surface area contributed by atoms with Gasteiger partial charge in [-0.2, -0.15) is 0 Å². The molecule has 0 aliphatic rings. The number of hydrogen-bond acceptors (Lipinski definition) is 2. The second kappa shape index (κ2) is 22.5. The van der Waals surface area contributed by atoms with Gasteiger partial charge in [0.1, 0.15) is 6.61 Å². The fraction of sp³-hybridized carbons (Fsp3) is 0.917. The van der Waals surface area contributed by atoms with Crippen molar-refractivity contribution in [2.75, 3.05) is 13.2 Å². The van der Waals surface area contributed by atoms with Gasteiger partial charge in [-0.25, -0.2) is 0 Å². The van der Waals surface area contributed by atoms with Crippen LogP contribution in [0.3, 0.4) is 0 Å². The Morgan fingerprint density at radius 2 is 0.962 bits per heavy atom. The fourth-order valence-corrected chi connectivity index (χ4v) is 3.49. The molecule has 0 aliphatic heterocycles. The van der Waals surface area contributed by atoms with Gasteiger partial charge in [0.25, 0.3) is 0 Å². The predicted octanol–water partition coefficient (Wildman–Crippen LogP) is 7.94. The van der Waals surface area contributed by atoms with Crippen LogP contribution in [-0.4, -0.2) is 18.3 Å². The third kappa shape index (κ3) is 21.5. The molecule has 156 valence electrons. The van der Waals surface area contributed by atoms with Gasteiger partial charge in [0.2, 0.25) is 0 Å². The van der Waals surface area contributed by atoms with Gasteiger partial charge in [-0.1, -0.05) is 123 Å². The fourth-order valence-electron chi connectivity index (χ4n) is 3.49. The predicted molar refractivity (Wildman–Crippen MR) is 116 cm³/mol. The van der Waals surface area contributed by atoms with Crippen molar-refractivity contribution in [3.63, 3.8) is 0 Å². The van der Waals surface area contributed by atoms with Crippen molar-refractivity contribution in [2.45, 2.75) is 129 Å². The minimum absolute atomic E-state index is 0.0815. The van der Waals surface area contributed by atoms with Gasteiger partial charge in [-0.3, -0.25) is 0 Å². The lowest BCUT2D eigenvalue weighted by Crippen LogP contribution is -1.98. The third-order valence-corrected chi connectivity index (χ3v) is 5.21. The molecular weight excluding hydrogens is 320 g/mol. The second-order valence-electron chi connectivity index (χ2n) is 7.87. The summed E-state index contributed by atoms with van der Waals surface area (Å²) in [7, 11) is 0. The quantitative estimate of drug-likeness (QED) is 0.155. The van der Waals surface area contributed by atoms with E-state index in [0.717, 1.165) is 12.2 Å². The standard InChI is InChI=1S/C24H48O2/c1-3-4-5-6-7-8-9-10-11-12-13-14-15-16-17-18-19-20-21-24(2)26-23-22-25/h25H,2-23H2,1H3. The molecule has 0 spiro atoms. The average molecular weight is 369 g/mol. The van der Waals surface area contributed by atoms with E-state index in [2.05, 4.69) is 13.5 Å². The maximum Gasteiger partial charge on any atom is 0.111 e. The van der Waals surface area contributed by atoms with E-state index in [1.807, 2.05) is 0 Å². The summed E-state index contributed by atoms with van der Waals surface area (Å²) in [6.07, 6.45) is 26.3. The molecule has 2 heteroatoms. The van der Waals surface area contributed by atoms with Crippen LogP contribution in [0.5, 0.6) is 0 Å². The van der Waals surface area contributed by atoms with Crippen molar-refractivity contribution < 1.29 is 9.84 Å². The van der Waals surface area contributed by atoms with Crippen molar-refractivity contribution in [3.05, 3.63) is 12.3 Å². The van der Waals surface area contributed by atoms with Crippen LogP contribution in [0.1, 0.15) is 129 Å². The van der Waals surface area contributed by atoms with Crippen molar-refractivity contribution in [1.82, 2.24) is 0 Å². The molecule has 0 rings (SSSR count). The first kappa shape index (κ1) is 25.5. The zero-order chi connectivity index (χ0) is 19.1. The van der Waals surface area contributed by atoms with E-state index in [-0.39, 0.29) is 6.61 Å². The van der Waals surface area contributed by atoms with E-state index in [9.17, 15) is 0 Å². The Morgan fingerprint density at radius 3 is 1.31 bits per heavy atom. The summed E-state index contributed by atoms with van der Waals surface area (Å²) in [5, 5.41) is 8.68. The van der Waals surface area contributed by atoms with Gasteiger partial charge in [0.05, 0.1) is 12.4 Å². The Bertz CT molecular complexity index is 275. The topological polar surface area (TPSA) is 29.5 Å². The molecule has 0 aliphatic carbocycles. The lowest BCUT2D eigenvalue weighted by molar-refractivity contribution is 0.139. The van der Waals surface area contributed by atoms with Crippen LogP contribution in [0.2, 0.25) is 0 Å². The van der Waals surface area contributed by atoms with Gasteiger partial charge >= 0.3 is 0 Å². The highest BCUT2D eigenvalue weighted by atomic mass is 16.5. The Kier molecular flexibility index (Phi) is 22.1. The molecule has 0 bridgehead atoms. The van der Waals surface area contributed by atoms with E-state index in [4.69, 9.17) is 9.84 Å². The van der Waals surface area contributed by atoms with Gasteiger partial charge < -0.3 is 9.84 Å². The van der Waals surface area contributed by atoms with Crippen LogP contribution < -0.4 is 0 Å². The zero-order valence-electron chi connectivity index (χ0n) is 17.9. The molecule has 1 N–H and O–H groups in total. The monoisotopic (exact) mass is 368 g/mol. The van der Waals surface area contributed by atoms with E-state index >= 15 is 0 Å². The van der Waals surface area contributed by atoms with Crippen LogP contribution in [0.25, 0.3) is 0 Å². The normalized spacial score (nSPS) is 11.0. The maximum absolute atomic E-state index is 8.68. The third-order valence-electron chi connectivity index (χ3n) is 5.21. The van der Waals surface area contributed by atoms with E-state index in [0.29, 0.717) is 6.61 Å². The van der Waals surface area contributed by atoms with Gasteiger partial charge in [-0.15, -0.1) is 0 Å². The lowest BCUT2D eigenvalue weighted by Gasteiger charge is -2.07. The molecule has 0 fully saturated rings. The molecule has 0 atom stereocenters. The maximum atomic E-state index is 8.68. The van der Waals surface area contributed by atoms with Crippen molar-refractivity contribution in [1.29, 1.82) is 0 Å². The Labute approximate surface area is 164 Å². The Hall–Kier alpha value is -0.500. The van der Waals surface area contributed by atoms with Gasteiger partial charge in [0.15, 0.2) is 0 Å². The minimum atomic E-state index is 0.0815. The smallest absolute Gasteiger partial charge is 0.111 e. The van der Waals surface area contributed by atoms with E-state index in [1.165, 1.54) is 116 Å². The molecule has 0 radical (unpaired) electrons. The van der Waals surface area contributed by atoms with Gasteiger partial charge in [0, 0.05) is 6.42 Å². The first-order valence-corrected chi connectivity index (χ1v) is 11.7. The highest BCUT2D eigenvalue weighted by Crippen LogP contribution is 2.15. The summed E-state index contributed by atoms with van der Waals surface area (Å²) >= 11 is 0. The summed E-state index contributed by atoms with van der Waals surface area (Å²) in [6, 6.07) is 0. The molecule has 0 aromatic carbocycles. The summed E-state index contributed by atoms with van der Waals surface area (Å²) in [4.78, 5) is 0. The highest BCUT2D eigenvalue weighted by molar-refractivity contribution is 4.81. The Morgan fingerprint density at radius 1 is 0.615 bits per heavy atom. The first-order valence-electron chi connectivity index (χ1n) is 11.7. The molecule has 0 aromatic rings. The first-order chi connectivity index (χ1) is 12.8. The Balaban J connectivity index is 3.04.